The predicted octanol–water partition coefficient (Wildman–Crippen LogP) is 1.11. The van der Waals surface area contributed by atoms with Crippen LogP contribution in [-0.2, 0) is 19.6 Å². The van der Waals surface area contributed by atoms with Crippen molar-refractivity contribution in [3.05, 3.63) is 29.8 Å². The summed E-state index contributed by atoms with van der Waals surface area (Å²) in [5.41, 5.74) is -0.0298. The number of carbonyl (C=O) groups is 3. The fourth-order valence-corrected chi connectivity index (χ4v) is 4.47. The standard InChI is InChI=1S/C19H26N4O5S/c1-13(14-5-7-15(8-6-14)29(20,27)28)22(2)16(24)9-12-23-17(25)19(21-18(23)26)10-3-4-11-19/h5-8,13H,3-4,9-12H2,1-2H3,(H,21,26)(H2,20,27,28)/t13-/m0/s1. The zero-order valence-corrected chi connectivity index (χ0v) is 17.4. The van der Waals surface area contributed by atoms with E-state index in [4.69, 9.17) is 5.14 Å². The third-order valence-corrected chi connectivity index (χ3v) is 6.85. The molecule has 3 rings (SSSR count). The smallest absolute Gasteiger partial charge is 0.325 e. The van der Waals surface area contributed by atoms with Crippen molar-refractivity contribution in [2.45, 2.75) is 55.5 Å². The number of nitrogens with two attached hydrogens (primary N) is 1. The van der Waals surface area contributed by atoms with Crippen LogP contribution >= 0.6 is 0 Å². The second-order valence-corrected chi connectivity index (χ2v) is 9.28. The van der Waals surface area contributed by atoms with Crippen molar-refractivity contribution >= 4 is 27.9 Å². The van der Waals surface area contributed by atoms with E-state index in [0.717, 1.165) is 23.3 Å². The Kier molecular flexibility index (Phi) is 5.68. The first-order valence-electron chi connectivity index (χ1n) is 9.58. The van der Waals surface area contributed by atoms with Crippen LogP contribution in [-0.4, -0.2) is 55.2 Å². The number of urea groups is 1. The summed E-state index contributed by atoms with van der Waals surface area (Å²) < 4.78 is 22.7. The quantitative estimate of drug-likeness (QED) is 0.663. The zero-order chi connectivity index (χ0) is 21.4. The summed E-state index contributed by atoms with van der Waals surface area (Å²) in [6, 6.07) is 5.26. The van der Waals surface area contributed by atoms with Crippen molar-refractivity contribution in [1.82, 2.24) is 15.1 Å². The van der Waals surface area contributed by atoms with Crippen molar-refractivity contribution in [2.75, 3.05) is 13.6 Å². The number of hydrogen-bond acceptors (Lipinski definition) is 5. The molecule has 3 N–H and O–H groups in total. The number of imide groups is 1. The Bertz CT molecular complexity index is 922. The molecular formula is C19H26N4O5S. The van der Waals surface area contributed by atoms with Gasteiger partial charge in [-0.15, -0.1) is 0 Å². The van der Waals surface area contributed by atoms with Crippen LogP contribution in [0.15, 0.2) is 29.2 Å². The van der Waals surface area contributed by atoms with Crippen LogP contribution in [0.25, 0.3) is 0 Å². The molecule has 0 radical (unpaired) electrons. The van der Waals surface area contributed by atoms with Crippen LogP contribution < -0.4 is 10.5 Å². The first-order valence-corrected chi connectivity index (χ1v) is 11.1. The fraction of sp³-hybridized carbons (Fsp3) is 0.526. The molecule has 2 aliphatic rings. The van der Waals surface area contributed by atoms with E-state index in [1.54, 1.807) is 19.2 Å². The first kappa shape index (κ1) is 21.3. The minimum atomic E-state index is -3.78. The molecule has 1 saturated heterocycles. The van der Waals surface area contributed by atoms with E-state index >= 15 is 0 Å². The van der Waals surface area contributed by atoms with Gasteiger partial charge in [0.15, 0.2) is 0 Å². The molecule has 1 heterocycles. The summed E-state index contributed by atoms with van der Waals surface area (Å²) >= 11 is 0. The third kappa shape index (κ3) is 4.13. The van der Waals surface area contributed by atoms with Crippen LogP contribution in [0.5, 0.6) is 0 Å². The van der Waals surface area contributed by atoms with E-state index in [0.29, 0.717) is 12.8 Å². The largest absolute Gasteiger partial charge is 0.339 e. The molecule has 4 amide bonds. The second-order valence-electron chi connectivity index (χ2n) is 7.72. The lowest BCUT2D eigenvalue weighted by molar-refractivity contribution is -0.134. The van der Waals surface area contributed by atoms with Gasteiger partial charge in [-0.25, -0.2) is 18.4 Å². The summed E-state index contributed by atoms with van der Waals surface area (Å²) in [5.74, 6) is -0.455. The van der Waals surface area contributed by atoms with Gasteiger partial charge in [0.1, 0.15) is 5.54 Å². The lowest BCUT2D eigenvalue weighted by atomic mass is 9.98. The molecule has 1 atom stereocenters. The molecule has 1 aliphatic carbocycles. The van der Waals surface area contributed by atoms with Crippen LogP contribution in [0.2, 0.25) is 0 Å². The molecule has 1 saturated carbocycles. The van der Waals surface area contributed by atoms with E-state index in [1.165, 1.54) is 17.0 Å². The van der Waals surface area contributed by atoms with Crippen molar-refractivity contribution in [2.24, 2.45) is 5.14 Å². The molecule has 29 heavy (non-hydrogen) atoms. The van der Waals surface area contributed by atoms with Crippen LogP contribution in [0, 0.1) is 0 Å². The number of benzene rings is 1. The second kappa shape index (κ2) is 7.75. The van der Waals surface area contributed by atoms with Gasteiger partial charge < -0.3 is 10.2 Å². The highest BCUT2D eigenvalue weighted by Gasteiger charge is 2.52. The van der Waals surface area contributed by atoms with Crippen molar-refractivity contribution in [3.8, 4) is 0 Å². The Balaban J connectivity index is 1.60. The molecule has 2 fully saturated rings. The molecule has 9 nitrogen and oxygen atoms in total. The molecule has 10 heteroatoms. The number of nitrogens with one attached hydrogen (secondary N) is 1. The number of sulfonamides is 1. The Morgan fingerprint density at radius 1 is 1.24 bits per heavy atom. The lowest BCUT2D eigenvalue weighted by Crippen LogP contribution is -2.44. The van der Waals surface area contributed by atoms with E-state index in [1.807, 2.05) is 6.92 Å². The molecule has 1 aromatic rings. The molecule has 1 spiro atoms. The van der Waals surface area contributed by atoms with E-state index in [-0.39, 0.29) is 35.7 Å². The number of amides is 4. The average molecular weight is 423 g/mol. The Morgan fingerprint density at radius 3 is 2.38 bits per heavy atom. The number of carbonyl (C=O) groups excluding carboxylic acids is 3. The Labute approximate surface area is 170 Å². The maximum atomic E-state index is 12.6. The number of hydrogen-bond donors (Lipinski definition) is 2. The normalized spacial score (nSPS) is 19.5. The van der Waals surface area contributed by atoms with Crippen molar-refractivity contribution < 1.29 is 22.8 Å². The van der Waals surface area contributed by atoms with Crippen LogP contribution in [0.1, 0.15) is 50.6 Å². The van der Waals surface area contributed by atoms with Gasteiger partial charge in [0.2, 0.25) is 15.9 Å². The van der Waals surface area contributed by atoms with Gasteiger partial charge in [0, 0.05) is 20.0 Å². The summed E-state index contributed by atoms with van der Waals surface area (Å²) in [4.78, 5) is 40.1. The maximum absolute atomic E-state index is 12.6. The average Bonchev–Trinajstić information content (AvgIpc) is 3.23. The number of nitrogens with zero attached hydrogens (tertiary/aromatic N) is 2. The molecule has 1 aromatic carbocycles. The predicted molar refractivity (Wildman–Crippen MR) is 105 cm³/mol. The van der Waals surface area contributed by atoms with E-state index in [2.05, 4.69) is 5.32 Å². The van der Waals surface area contributed by atoms with Crippen LogP contribution in [0.3, 0.4) is 0 Å². The van der Waals surface area contributed by atoms with Gasteiger partial charge in [-0.05, 0) is 37.5 Å². The highest BCUT2D eigenvalue weighted by Crippen LogP contribution is 2.35. The van der Waals surface area contributed by atoms with E-state index in [9.17, 15) is 22.8 Å². The molecule has 0 unspecified atom stereocenters. The van der Waals surface area contributed by atoms with Gasteiger partial charge in [-0.3, -0.25) is 14.5 Å². The molecule has 158 valence electrons. The maximum Gasteiger partial charge on any atom is 0.325 e. The lowest BCUT2D eigenvalue weighted by Gasteiger charge is -2.26. The monoisotopic (exact) mass is 422 g/mol. The van der Waals surface area contributed by atoms with Gasteiger partial charge >= 0.3 is 6.03 Å². The SMILES string of the molecule is C[C@@H](c1ccc(S(N)(=O)=O)cc1)N(C)C(=O)CCN1C(=O)NC2(CCCC2)C1=O. The highest BCUT2D eigenvalue weighted by atomic mass is 32.2. The minimum Gasteiger partial charge on any atom is -0.339 e. The minimum absolute atomic E-state index is 0.00169. The van der Waals surface area contributed by atoms with Crippen molar-refractivity contribution in [3.63, 3.8) is 0 Å². The summed E-state index contributed by atoms with van der Waals surface area (Å²) in [7, 11) is -2.15. The van der Waals surface area contributed by atoms with Crippen molar-refractivity contribution in [1.29, 1.82) is 0 Å². The number of rotatable bonds is 6. The summed E-state index contributed by atoms with van der Waals surface area (Å²) in [6.07, 6.45) is 3.12. The third-order valence-electron chi connectivity index (χ3n) is 5.92. The van der Waals surface area contributed by atoms with Gasteiger partial charge in [0.05, 0.1) is 10.9 Å². The topological polar surface area (TPSA) is 130 Å². The van der Waals surface area contributed by atoms with Gasteiger partial charge in [0.25, 0.3) is 5.91 Å². The first-order chi connectivity index (χ1) is 13.5. The molecule has 0 aromatic heterocycles. The van der Waals surface area contributed by atoms with Crippen LogP contribution in [0.4, 0.5) is 4.79 Å². The Morgan fingerprint density at radius 2 is 1.83 bits per heavy atom. The summed E-state index contributed by atoms with van der Waals surface area (Å²) in [6.45, 7) is 1.84. The number of primary sulfonamides is 1. The fourth-order valence-electron chi connectivity index (χ4n) is 3.96. The molecule has 1 aliphatic heterocycles. The summed E-state index contributed by atoms with van der Waals surface area (Å²) in [5, 5.41) is 7.90. The molecule has 0 bridgehead atoms. The Hall–Kier alpha value is -2.46. The molecular weight excluding hydrogens is 396 g/mol. The zero-order valence-electron chi connectivity index (χ0n) is 16.6. The van der Waals surface area contributed by atoms with Gasteiger partial charge in [-0.2, -0.15) is 0 Å². The highest BCUT2D eigenvalue weighted by molar-refractivity contribution is 7.89. The van der Waals surface area contributed by atoms with Gasteiger partial charge in [-0.1, -0.05) is 25.0 Å². The van der Waals surface area contributed by atoms with E-state index < -0.39 is 21.6 Å².